The molecule has 0 nitrogen and oxygen atoms in total. The van der Waals surface area contributed by atoms with E-state index in [2.05, 4.69) is 0 Å². The third-order valence-electron chi connectivity index (χ3n) is 3.07. The maximum Gasteiger partial charge on any atom is 0.416 e. The van der Waals surface area contributed by atoms with E-state index < -0.39 is 29.5 Å². The third-order valence-corrected chi connectivity index (χ3v) is 3.07. The molecule has 0 aromatic heterocycles. The van der Waals surface area contributed by atoms with Gasteiger partial charge in [0.05, 0.1) is 0 Å². The molecular formula is C12H9F9. The van der Waals surface area contributed by atoms with Crippen LogP contribution in [0.1, 0.15) is 18.1 Å². The van der Waals surface area contributed by atoms with E-state index in [-0.39, 0.29) is 18.6 Å². The number of benzene rings is 1. The van der Waals surface area contributed by atoms with Crippen LogP contribution in [0.25, 0.3) is 0 Å². The van der Waals surface area contributed by atoms with Gasteiger partial charge in [0, 0.05) is 0 Å². The molecule has 0 saturated carbocycles. The maximum atomic E-state index is 12.8. The van der Waals surface area contributed by atoms with Crippen molar-refractivity contribution in [2.45, 2.75) is 37.3 Å². The van der Waals surface area contributed by atoms with Gasteiger partial charge in [0.2, 0.25) is 0 Å². The molecule has 1 aromatic rings. The Bertz CT molecular complexity index is 439. The van der Waals surface area contributed by atoms with Crippen LogP contribution in [0.5, 0.6) is 0 Å². The molecule has 0 fully saturated rings. The summed E-state index contributed by atoms with van der Waals surface area (Å²) in [6.07, 6.45) is -19.5. The molecule has 0 saturated heterocycles. The van der Waals surface area contributed by atoms with Crippen molar-refractivity contribution >= 4 is 0 Å². The van der Waals surface area contributed by atoms with Crippen LogP contribution in [-0.2, 0) is 11.8 Å². The van der Waals surface area contributed by atoms with Crippen molar-refractivity contribution in [1.29, 1.82) is 0 Å². The van der Waals surface area contributed by atoms with Crippen LogP contribution in [0.3, 0.4) is 0 Å². The number of hydrogen-bond donors (Lipinski definition) is 0. The van der Waals surface area contributed by atoms with Gasteiger partial charge in [-0.25, -0.2) is 0 Å². The lowest BCUT2D eigenvalue weighted by atomic mass is 9.77. The van der Waals surface area contributed by atoms with Crippen LogP contribution in [0.4, 0.5) is 39.5 Å². The van der Waals surface area contributed by atoms with E-state index >= 15 is 0 Å². The average Bonchev–Trinajstić information content (AvgIpc) is 2.24. The molecule has 0 unspecified atom stereocenters. The molecule has 1 aromatic carbocycles. The number of halogens is 9. The minimum Gasteiger partial charge on any atom is -0.169 e. The van der Waals surface area contributed by atoms with E-state index in [9.17, 15) is 39.5 Å². The lowest BCUT2D eigenvalue weighted by Gasteiger charge is -2.38. The first-order valence-electron chi connectivity index (χ1n) is 5.58. The Morgan fingerprint density at radius 1 is 0.667 bits per heavy atom. The van der Waals surface area contributed by atoms with Crippen LogP contribution >= 0.6 is 0 Å². The van der Waals surface area contributed by atoms with Gasteiger partial charge in [-0.1, -0.05) is 31.2 Å². The zero-order valence-corrected chi connectivity index (χ0v) is 10.4. The molecule has 0 bridgehead atoms. The minimum atomic E-state index is -6.57. The number of hydrogen-bond acceptors (Lipinski definition) is 0. The highest BCUT2D eigenvalue weighted by Gasteiger charge is 2.84. The van der Waals surface area contributed by atoms with Crippen molar-refractivity contribution in [3.05, 3.63) is 35.4 Å². The van der Waals surface area contributed by atoms with E-state index in [1.807, 2.05) is 0 Å². The highest BCUT2D eigenvalue weighted by Crippen LogP contribution is 2.60. The molecular weight excluding hydrogens is 315 g/mol. The predicted octanol–water partition coefficient (Wildman–Crippen LogP) is 5.17. The molecule has 0 radical (unpaired) electrons. The summed E-state index contributed by atoms with van der Waals surface area (Å²) in [4.78, 5) is 0. The summed E-state index contributed by atoms with van der Waals surface area (Å²) in [5.74, 6) is 0. The molecule has 21 heavy (non-hydrogen) atoms. The molecule has 0 heterocycles. The average molecular weight is 324 g/mol. The second-order valence-corrected chi connectivity index (χ2v) is 4.29. The van der Waals surface area contributed by atoms with Crippen LogP contribution in [-0.4, -0.2) is 18.5 Å². The first-order valence-corrected chi connectivity index (χ1v) is 5.58. The van der Waals surface area contributed by atoms with Crippen molar-refractivity contribution in [2.24, 2.45) is 0 Å². The van der Waals surface area contributed by atoms with Crippen molar-refractivity contribution in [3.8, 4) is 0 Å². The smallest absolute Gasteiger partial charge is 0.169 e. The normalized spacial score (nSPS) is 14.4. The van der Waals surface area contributed by atoms with Crippen molar-refractivity contribution < 1.29 is 39.5 Å². The first-order chi connectivity index (χ1) is 9.29. The Labute approximate surface area is 113 Å². The summed E-state index contributed by atoms with van der Waals surface area (Å²) in [6.45, 7) is 1.56. The Hall–Kier alpha value is -1.41. The van der Waals surface area contributed by atoms with Crippen molar-refractivity contribution in [2.75, 3.05) is 0 Å². The van der Waals surface area contributed by atoms with Gasteiger partial charge >= 0.3 is 18.5 Å². The van der Waals surface area contributed by atoms with Gasteiger partial charge in [-0.15, -0.1) is 0 Å². The quantitative estimate of drug-likeness (QED) is 0.658. The summed E-state index contributed by atoms with van der Waals surface area (Å²) in [7, 11) is 0. The summed E-state index contributed by atoms with van der Waals surface area (Å²) < 4.78 is 115. The van der Waals surface area contributed by atoms with Gasteiger partial charge in [0.25, 0.3) is 5.41 Å². The van der Waals surface area contributed by atoms with Gasteiger partial charge in [-0.05, 0) is 17.5 Å². The van der Waals surface area contributed by atoms with Crippen LogP contribution < -0.4 is 0 Å². The third kappa shape index (κ3) is 2.69. The monoisotopic (exact) mass is 324 g/mol. The van der Waals surface area contributed by atoms with Gasteiger partial charge in [0.1, 0.15) is 0 Å². The van der Waals surface area contributed by atoms with Gasteiger partial charge in [-0.2, -0.15) is 39.5 Å². The fourth-order valence-corrected chi connectivity index (χ4v) is 1.96. The van der Waals surface area contributed by atoms with Gasteiger partial charge in [-0.3, -0.25) is 0 Å². The zero-order valence-electron chi connectivity index (χ0n) is 10.4. The number of aryl methyl sites for hydroxylation is 1. The van der Waals surface area contributed by atoms with Crippen molar-refractivity contribution in [3.63, 3.8) is 0 Å². The molecule has 9 heteroatoms. The Balaban J connectivity index is 3.72. The summed E-state index contributed by atoms with van der Waals surface area (Å²) in [6, 6.07) is 2.06. The molecule has 0 N–H and O–H groups in total. The minimum absolute atomic E-state index is 0.216. The van der Waals surface area contributed by atoms with Gasteiger partial charge < -0.3 is 0 Å². The molecule has 0 aliphatic carbocycles. The van der Waals surface area contributed by atoms with E-state index in [0.717, 1.165) is 12.1 Å². The Kier molecular flexibility index (Phi) is 4.28. The maximum absolute atomic E-state index is 12.8. The fourth-order valence-electron chi connectivity index (χ4n) is 1.96. The highest BCUT2D eigenvalue weighted by molar-refractivity contribution is 5.35. The summed E-state index contributed by atoms with van der Waals surface area (Å²) in [5.41, 5.74) is -7.48. The highest BCUT2D eigenvalue weighted by atomic mass is 19.4. The molecule has 1 rings (SSSR count). The van der Waals surface area contributed by atoms with Crippen LogP contribution in [0.2, 0.25) is 0 Å². The number of rotatable bonds is 2. The summed E-state index contributed by atoms with van der Waals surface area (Å²) in [5, 5.41) is 0. The Morgan fingerprint density at radius 2 is 1.00 bits per heavy atom. The number of alkyl halides is 9. The van der Waals surface area contributed by atoms with Gasteiger partial charge in [0.15, 0.2) is 0 Å². The second-order valence-electron chi connectivity index (χ2n) is 4.29. The molecule has 120 valence electrons. The molecule has 0 aliphatic rings. The van der Waals surface area contributed by atoms with E-state index in [0.29, 0.717) is 5.56 Å². The molecule has 0 atom stereocenters. The summed E-state index contributed by atoms with van der Waals surface area (Å²) >= 11 is 0. The largest absolute Gasteiger partial charge is 0.416 e. The van der Waals surface area contributed by atoms with Crippen LogP contribution in [0.15, 0.2) is 24.3 Å². The lowest BCUT2D eigenvalue weighted by Crippen LogP contribution is -2.63. The Morgan fingerprint density at radius 3 is 1.24 bits per heavy atom. The molecule has 0 amide bonds. The van der Waals surface area contributed by atoms with E-state index in [1.165, 1.54) is 0 Å². The topological polar surface area (TPSA) is 0 Å². The molecule has 0 spiro atoms. The van der Waals surface area contributed by atoms with E-state index in [4.69, 9.17) is 0 Å². The SMILES string of the molecule is CCc1ccc(C(C(F)(F)F)(C(F)(F)F)C(F)(F)F)cc1. The van der Waals surface area contributed by atoms with Crippen LogP contribution in [0, 0.1) is 0 Å². The lowest BCUT2D eigenvalue weighted by molar-refractivity contribution is -0.387. The predicted molar refractivity (Wildman–Crippen MR) is 55.7 cm³/mol. The van der Waals surface area contributed by atoms with Crippen molar-refractivity contribution in [1.82, 2.24) is 0 Å². The molecule has 0 aliphatic heterocycles. The zero-order chi connectivity index (χ0) is 16.7. The van der Waals surface area contributed by atoms with E-state index in [1.54, 1.807) is 6.92 Å². The fraction of sp³-hybridized carbons (Fsp3) is 0.500. The standard InChI is InChI=1S/C12H9F9/c1-2-7-3-5-8(6-4-7)9(10(13,14)15,11(16,17)18)12(19,20)21/h3-6H,2H2,1H3. The second kappa shape index (κ2) is 5.10. The first kappa shape index (κ1) is 17.6.